The molecule has 0 aliphatic carbocycles. The van der Waals surface area contributed by atoms with E-state index in [9.17, 15) is 8.42 Å². The van der Waals surface area contributed by atoms with Gasteiger partial charge in [0.2, 0.25) is 10.0 Å². The Morgan fingerprint density at radius 2 is 1.68 bits per heavy atom. The van der Waals surface area contributed by atoms with Gasteiger partial charge in [-0.2, -0.15) is 0 Å². The van der Waals surface area contributed by atoms with E-state index in [2.05, 4.69) is 48.9 Å². The molecule has 5 rings (SSSR count). The highest BCUT2D eigenvalue weighted by molar-refractivity contribution is 7.92. The second-order valence-corrected chi connectivity index (χ2v) is 10.2. The lowest BCUT2D eigenvalue weighted by molar-refractivity contribution is 0.568. The maximum atomic E-state index is 11.6. The molecule has 7 nitrogen and oxygen atoms in total. The van der Waals surface area contributed by atoms with Gasteiger partial charge in [-0.3, -0.25) is 9.71 Å². The van der Waals surface area contributed by atoms with Gasteiger partial charge in [0.25, 0.3) is 0 Å². The summed E-state index contributed by atoms with van der Waals surface area (Å²) in [4.78, 5) is 6.65. The van der Waals surface area contributed by atoms with Crippen molar-refractivity contribution in [2.24, 2.45) is 0 Å². The number of rotatable bonds is 6. The van der Waals surface area contributed by atoms with Crippen molar-refractivity contribution >= 4 is 38.7 Å². The van der Waals surface area contributed by atoms with Crippen LogP contribution in [-0.4, -0.2) is 29.3 Å². The van der Waals surface area contributed by atoms with Gasteiger partial charge in [-0.1, -0.05) is 24.3 Å². The Morgan fingerprint density at radius 1 is 0.941 bits per heavy atom. The molecule has 1 saturated heterocycles. The van der Waals surface area contributed by atoms with Gasteiger partial charge in [0.15, 0.2) is 5.11 Å². The minimum Gasteiger partial charge on any atom is -0.351 e. The zero-order valence-corrected chi connectivity index (χ0v) is 20.0. The van der Waals surface area contributed by atoms with Crippen LogP contribution in [-0.2, 0) is 10.0 Å². The van der Waals surface area contributed by atoms with Gasteiger partial charge in [-0.15, -0.1) is 0 Å². The zero-order chi connectivity index (χ0) is 23.7. The smallest absolute Gasteiger partial charge is 0.229 e. The molecule has 1 aliphatic rings. The lowest BCUT2D eigenvalue weighted by Gasteiger charge is -2.27. The summed E-state index contributed by atoms with van der Waals surface area (Å²) < 4.78 is 27.8. The highest BCUT2D eigenvalue weighted by Gasteiger charge is 2.41. The van der Waals surface area contributed by atoms with Gasteiger partial charge in [0.1, 0.15) is 0 Å². The second kappa shape index (κ2) is 8.92. The molecule has 0 spiro atoms. The van der Waals surface area contributed by atoms with Crippen molar-refractivity contribution in [2.75, 3.05) is 15.9 Å². The molecule has 2 aromatic carbocycles. The van der Waals surface area contributed by atoms with E-state index in [1.165, 1.54) is 0 Å². The first-order valence-corrected chi connectivity index (χ1v) is 13.0. The summed E-state index contributed by atoms with van der Waals surface area (Å²) in [5.74, 6) is 0. The van der Waals surface area contributed by atoms with Crippen LogP contribution in [0.3, 0.4) is 0 Å². The monoisotopic (exact) mass is 489 g/mol. The van der Waals surface area contributed by atoms with Gasteiger partial charge in [0.05, 0.1) is 24.0 Å². The number of para-hydroxylation sites is 1. The Morgan fingerprint density at radius 3 is 2.35 bits per heavy atom. The van der Waals surface area contributed by atoms with Crippen LogP contribution in [0, 0.1) is 0 Å². The summed E-state index contributed by atoms with van der Waals surface area (Å²) in [6, 6.07) is 25.0. The first kappa shape index (κ1) is 22.1. The lowest BCUT2D eigenvalue weighted by Crippen LogP contribution is -2.29. The van der Waals surface area contributed by atoms with Crippen LogP contribution in [0.15, 0.2) is 97.5 Å². The fourth-order valence-corrected chi connectivity index (χ4v) is 5.13. The summed E-state index contributed by atoms with van der Waals surface area (Å²) in [5, 5.41) is 4.02. The van der Waals surface area contributed by atoms with Crippen LogP contribution < -0.4 is 14.9 Å². The summed E-state index contributed by atoms with van der Waals surface area (Å²) in [6.45, 7) is 0. The molecule has 0 amide bonds. The van der Waals surface area contributed by atoms with Crippen molar-refractivity contribution in [3.05, 3.63) is 109 Å². The maximum absolute atomic E-state index is 11.6. The Bertz CT molecular complexity index is 1400. The molecule has 2 aromatic heterocycles. The fraction of sp³-hybridized carbons (Fsp3) is 0.120. The lowest BCUT2D eigenvalue weighted by atomic mass is 9.98. The van der Waals surface area contributed by atoms with Crippen molar-refractivity contribution in [1.29, 1.82) is 0 Å². The number of sulfonamides is 1. The number of nitrogens with one attached hydrogen (secondary N) is 2. The summed E-state index contributed by atoms with van der Waals surface area (Å²) in [6.07, 6.45) is 7.06. The van der Waals surface area contributed by atoms with E-state index < -0.39 is 10.0 Å². The van der Waals surface area contributed by atoms with E-state index in [1.54, 1.807) is 18.3 Å². The zero-order valence-electron chi connectivity index (χ0n) is 18.4. The minimum atomic E-state index is -3.35. The molecule has 0 unspecified atom stereocenters. The van der Waals surface area contributed by atoms with E-state index in [0.29, 0.717) is 10.8 Å². The van der Waals surface area contributed by atoms with E-state index in [4.69, 9.17) is 12.2 Å². The highest BCUT2D eigenvalue weighted by atomic mass is 32.2. The van der Waals surface area contributed by atoms with Gasteiger partial charge < -0.3 is 14.8 Å². The fourth-order valence-electron chi connectivity index (χ4n) is 4.22. The van der Waals surface area contributed by atoms with E-state index in [0.717, 1.165) is 28.9 Å². The van der Waals surface area contributed by atoms with Crippen LogP contribution in [0.2, 0.25) is 0 Å². The Hall–Kier alpha value is -3.69. The number of pyridine rings is 1. The molecular weight excluding hydrogens is 466 g/mol. The number of hydrogen-bond acceptors (Lipinski definition) is 4. The summed E-state index contributed by atoms with van der Waals surface area (Å²) >= 11 is 5.77. The third-order valence-corrected chi connectivity index (χ3v) is 6.58. The maximum Gasteiger partial charge on any atom is 0.229 e. The molecule has 4 aromatic rings. The quantitative estimate of drug-likeness (QED) is 0.391. The molecule has 1 aliphatic heterocycles. The Kier molecular flexibility index (Phi) is 5.80. The van der Waals surface area contributed by atoms with Crippen LogP contribution in [0.4, 0.5) is 11.4 Å². The predicted octanol–water partition coefficient (Wildman–Crippen LogP) is 4.42. The van der Waals surface area contributed by atoms with Crippen molar-refractivity contribution in [3.63, 3.8) is 0 Å². The molecule has 1 fully saturated rings. The van der Waals surface area contributed by atoms with E-state index >= 15 is 0 Å². The number of hydrogen-bond donors (Lipinski definition) is 2. The highest BCUT2D eigenvalue weighted by Crippen LogP contribution is 2.42. The van der Waals surface area contributed by atoms with Gasteiger partial charge in [-0.05, 0) is 72.4 Å². The van der Waals surface area contributed by atoms with Gasteiger partial charge >= 0.3 is 0 Å². The Balaban J connectivity index is 1.55. The molecule has 0 bridgehead atoms. The third kappa shape index (κ3) is 4.52. The molecule has 2 atom stereocenters. The molecule has 9 heteroatoms. The Labute approximate surface area is 204 Å². The van der Waals surface area contributed by atoms with Crippen LogP contribution in [0.25, 0.3) is 5.69 Å². The first-order chi connectivity index (χ1) is 16.4. The van der Waals surface area contributed by atoms with E-state index in [1.807, 2.05) is 54.7 Å². The van der Waals surface area contributed by atoms with E-state index in [-0.39, 0.29) is 12.1 Å². The molecule has 2 N–H and O–H groups in total. The van der Waals surface area contributed by atoms with Crippen molar-refractivity contribution in [1.82, 2.24) is 14.9 Å². The molecule has 34 heavy (non-hydrogen) atoms. The molecule has 3 heterocycles. The third-order valence-electron chi connectivity index (χ3n) is 5.66. The van der Waals surface area contributed by atoms with Gasteiger partial charge in [-0.25, -0.2) is 8.42 Å². The topological polar surface area (TPSA) is 79.3 Å². The first-order valence-electron chi connectivity index (χ1n) is 10.7. The predicted molar refractivity (Wildman–Crippen MR) is 139 cm³/mol. The number of benzene rings is 2. The largest absolute Gasteiger partial charge is 0.351 e. The second-order valence-electron chi connectivity index (χ2n) is 8.11. The average Bonchev–Trinajstić information content (AvgIpc) is 3.44. The average molecular weight is 490 g/mol. The number of thiocarbonyl (C=S) groups is 1. The van der Waals surface area contributed by atoms with Crippen LogP contribution in [0.1, 0.15) is 23.3 Å². The SMILES string of the molecule is CS(=O)(=O)Nc1ccc(N2C(=S)N[C@@H](c3ccccn3)[C@H]2c2ccn(-c3ccccc3)c2)cc1. The van der Waals surface area contributed by atoms with Crippen LogP contribution >= 0.6 is 12.2 Å². The van der Waals surface area contributed by atoms with Gasteiger partial charge in [0, 0.05) is 35.7 Å². The van der Waals surface area contributed by atoms with Crippen LogP contribution in [0.5, 0.6) is 0 Å². The van der Waals surface area contributed by atoms with Crippen molar-refractivity contribution < 1.29 is 8.42 Å². The number of anilines is 2. The molecular formula is C25H23N5O2S2. The normalized spacial score (nSPS) is 18.0. The standard InChI is InChI=1S/C25H23N5O2S2/c1-34(31,32)28-19-10-12-21(13-11-19)30-24(23(27-25(30)33)22-9-5-6-15-26-22)18-14-16-29(17-18)20-7-3-2-4-8-20/h2-17,23-24,28H,1H3,(H,27,33)/t23-,24+/m0/s1. The molecule has 0 radical (unpaired) electrons. The number of aromatic nitrogens is 2. The van der Waals surface area contributed by atoms with Crippen molar-refractivity contribution in [2.45, 2.75) is 12.1 Å². The molecule has 0 saturated carbocycles. The summed E-state index contributed by atoms with van der Waals surface area (Å²) in [7, 11) is -3.35. The number of nitrogens with zero attached hydrogens (tertiary/aromatic N) is 3. The molecule has 172 valence electrons. The summed E-state index contributed by atoms with van der Waals surface area (Å²) in [5.41, 5.74) is 4.38. The minimum absolute atomic E-state index is 0.152. The van der Waals surface area contributed by atoms with Crippen molar-refractivity contribution in [3.8, 4) is 5.69 Å².